The highest BCUT2D eigenvalue weighted by Crippen LogP contribution is 2.15. The SMILES string of the molecule is CCCC/C=C\CCCCCCCC(=O)OC[C@H](COC(=O)CCCCCCCCCCCCCCCCCC)OC(=O)CCCCCCC/C=C\C/C=C\CCCCC. The summed E-state index contributed by atoms with van der Waals surface area (Å²) >= 11 is 0. The first-order chi connectivity index (χ1) is 29.5. The van der Waals surface area contributed by atoms with Crippen LogP contribution in [0.4, 0.5) is 0 Å². The summed E-state index contributed by atoms with van der Waals surface area (Å²) in [6.45, 7) is 6.58. The molecule has 0 bridgehead atoms. The van der Waals surface area contributed by atoms with Crippen LogP contribution in [0.2, 0.25) is 0 Å². The van der Waals surface area contributed by atoms with Crippen molar-refractivity contribution in [3.05, 3.63) is 36.5 Å². The second-order valence-electron chi connectivity index (χ2n) is 17.4. The fourth-order valence-electron chi connectivity index (χ4n) is 7.39. The van der Waals surface area contributed by atoms with Gasteiger partial charge in [0.2, 0.25) is 0 Å². The minimum absolute atomic E-state index is 0.0776. The number of ether oxygens (including phenoxy) is 3. The number of rotatable bonds is 47. The van der Waals surface area contributed by atoms with Gasteiger partial charge in [-0.2, -0.15) is 0 Å². The van der Waals surface area contributed by atoms with Crippen LogP contribution in [0.3, 0.4) is 0 Å². The molecule has 6 heteroatoms. The van der Waals surface area contributed by atoms with E-state index < -0.39 is 6.10 Å². The lowest BCUT2D eigenvalue weighted by Gasteiger charge is -2.18. The standard InChI is InChI=1S/C54H98O6/c1-4-7-10-13-16-19-22-24-26-28-29-32-35-38-41-44-47-53(56)59-50-51(49-58-52(55)46-43-40-37-34-31-21-18-15-12-9-6-3)60-54(57)48-45-42-39-36-33-30-27-25-23-20-17-14-11-8-5-2/h15,17-18,20,25,27,51H,4-14,16,19,21-24,26,28-50H2,1-3H3/b18-15-,20-17-,27-25-/t51-/m1/s1. The van der Waals surface area contributed by atoms with E-state index >= 15 is 0 Å². The van der Waals surface area contributed by atoms with Crippen molar-refractivity contribution in [2.24, 2.45) is 0 Å². The lowest BCUT2D eigenvalue weighted by molar-refractivity contribution is -0.167. The number of allylic oxidation sites excluding steroid dienone is 6. The molecule has 1 atom stereocenters. The van der Waals surface area contributed by atoms with Crippen molar-refractivity contribution >= 4 is 17.9 Å². The zero-order valence-electron chi connectivity index (χ0n) is 40.0. The van der Waals surface area contributed by atoms with Gasteiger partial charge in [0, 0.05) is 19.3 Å². The zero-order valence-corrected chi connectivity index (χ0v) is 40.0. The molecule has 0 heterocycles. The van der Waals surface area contributed by atoms with Crippen LogP contribution < -0.4 is 0 Å². The molecule has 0 radical (unpaired) electrons. The lowest BCUT2D eigenvalue weighted by atomic mass is 10.0. The van der Waals surface area contributed by atoms with E-state index in [-0.39, 0.29) is 31.1 Å². The Hall–Kier alpha value is -2.37. The van der Waals surface area contributed by atoms with Crippen molar-refractivity contribution in [1.82, 2.24) is 0 Å². The van der Waals surface area contributed by atoms with Crippen molar-refractivity contribution in [2.45, 2.75) is 277 Å². The molecule has 0 saturated heterocycles. The summed E-state index contributed by atoms with van der Waals surface area (Å²) in [7, 11) is 0. The number of hydrogen-bond acceptors (Lipinski definition) is 6. The number of unbranched alkanes of at least 4 members (excludes halogenated alkanes) is 30. The Kier molecular flexibility index (Phi) is 47.3. The van der Waals surface area contributed by atoms with E-state index in [1.165, 1.54) is 141 Å². The molecule has 60 heavy (non-hydrogen) atoms. The number of esters is 3. The van der Waals surface area contributed by atoms with Crippen LogP contribution in [0.25, 0.3) is 0 Å². The van der Waals surface area contributed by atoms with Gasteiger partial charge in [0.05, 0.1) is 0 Å². The minimum atomic E-state index is -0.778. The van der Waals surface area contributed by atoms with Crippen molar-refractivity contribution in [1.29, 1.82) is 0 Å². The molecule has 0 rings (SSSR count). The van der Waals surface area contributed by atoms with Gasteiger partial charge in [-0.25, -0.2) is 0 Å². The summed E-state index contributed by atoms with van der Waals surface area (Å²) in [6, 6.07) is 0. The van der Waals surface area contributed by atoms with Crippen molar-refractivity contribution in [3.8, 4) is 0 Å². The Morgan fingerprint density at radius 2 is 0.617 bits per heavy atom. The van der Waals surface area contributed by atoms with E-state index in [0.717, 1.165) is 89.9 Å². The molecule has 0 spiro atoms. The molecule has 0 aromatic heterocycles. The van der Waals surface area contributed by atoms with E-state index in [1.807, 2.05) is 0 Å². The molecular weight excluding hydrogens is 745 g/mol. The third-order valence-electron chi connectivity index (χ3n) is 11.4. The van der Waals surface area contributed by atoms with E-state index in [1.54, 1.807) is 0 Å². The summed E-state index contributed by atoms with van der Waals surface area (Å²) in [6.07, 6.45) is 57.0. The normalized spacial score (nSPS) is 12.2. The molecule has 0 aliphatic heterocycles. The Bertz CT molecular complexity index is 1020. The van der Waals surface area contributed by atoms with Gasteiger partial charge in [-0.1, -0.05) is 218 Å². The summed E-state index contributed by atoms with van der Waals surface area (Å²) in [5.41, 5.74) is 0. The number of hydrogen-bond donors (Lipinski definition) is 0. The maximum absolute atomic E-state index is 12.8. The first-order valence-corrected chi connectivity index (χ1v) is 26.0. The molecule has 0 fully saturated rings. The van der Waals surface area contributed by atoms with Crippen molar-refractivity contribution in [3.63, 3.8) is 0 Å². The molecule has 0 saturated carbocycles. The highest BCUT2D eigenvalue weighted by atomic mass is 16.6. The summed E-state index contributed by atoms with van der Waals surface area (Å²) in [5.74, 6) is -0.892. The van der Waals surface area contributed by atoms with Crippen molar-refractivity contribution < 1.29 is 28.6 Å². The predicted octanol–water partition coefficient (Wildman–Crippen LogP) is 16.9. The monoisotopic (exact) mass is 843 g/mol. The minimum Gasteiger partial charge on any atom is -0.462 e. The van der Waals surface area contributed by atoms with Crippen LogP contribution in [0.5, 0.6) is 0 Å². The predicted molar refractivity (Wildman–Crippen MR) is 256 cm³/mol. The van der Waals surface area contributed by atoms with Gasteiger partial charge in [-0.15, -0.1) is 0 Å². The average Bonchev–Trinajstić information content (AvgIpc) is 3.24. The molecule has 0 aromatic carbocycles. The van der Waals surface area contributed by atoms with Gasteiger partial charge in [-0.05, 0) is 70.6 Å². The molecule has 0 unspecified atom stereocenters. The molecule has 350 valence electrons. The Morgan fingerprint density at radius 3 is 1.02 bits per heavy atom. The fraction of sp³-hybridized carbons (Fsp3) is 0.833. The second-order valence-corrected chi connectivity index (χ2v) is 17.4. The first kappa shape index (κ1) is 57.6. The Balaban J connectivity index is 4.36. The van der Waals surface area contributed by atoms with Crippen LogP contribution in [0.15, 0.2) is 36.5 Å². The average molecular weight is 843 g/mol. The van der Waals surface area contributed by atoms with Gasteiger partial charge in [0.1, 0.15) is 13.2 Å². The van der Waals surface area contributed by atoms with E-state index in [9.17, 15) is 14.4 Å². The summed E-state index contributed by atoms with van der Waals surface area (Å²) in [4.78, 5) is 37.9. The molecule has 0 aliphatic carbocycles. The van der Waals surface area contributed by atoms with Crippen LogP contribution in [0, 0.1) is 0 Å². The zero-order chi connectivity index (χ0) is 43.7. The maximum atomic E-state index is 12.8. The molecule has 0 amide bonds. The molecule has 0 aliphatic rings. The van der Waals surface area contributed by atoms with Crippen LogP contribution in [0.1, 0.15) is 271 Å². The molecule has 0 N–H and O–H groups in total. The molecule has 6 nitrogen and oxygen atoms in total. The second kappa shape index (κ2) is 49.3. The van der Waals surface area contributed by atoms with Gasteiger partial charge in [0.25, 0.3) is 0 Å². The Morgan fingerprint density at radius 1 is 0.333 bits per heavy atom. The third kappa shape index (κ3) is 46.7. The maximum Gasteiger partial charge on any atom is 0.306 e. The number of carbonyl (C=O) groups excluding carboxylic acids is 3. The summed E-state index contributed by atoms with van der Waals surface area (Å²) < 4.78 is 16.8. The smallest absolute Gasteiger partial charge is 0.306 e. The van der Waals surface area contributed by atoms with Crippen molar-refractivity contribution in [2.75, 3.05) is 13.2 Å². The van der Waals surface area contributed by atoms with Gasteiger partial charge in [-0.3, -0.25) is 14.4 Å². The van der Waals surface area contributed by atoms with Gasteiger partial charge >= 0.3 is 17.9 Å². The largest absolute Gasteiger partial charge is 0.462 e. The van der Waals surface area contributed by atoms with Crippen LogP contribution >= 0.6 is 0 Å². The molecule has 0 aromatic rings. The highest BCUT2D eigenvalue weighted by Gasteiger charge is 2.19. The van der Waals surface area contributed by atoms with E-state index in [0.29, 0.717) is 19.3 Å². The first-order valence-electron chi connectivity index (χ1n) is 26.0. The van der Waals surface area contributed by atoms with E-state index in [4.69, 9.17) is 14.2 Å². The van der Waals surface area contributed by atoms with E-state index in [2.05, 4.69) is 57.2 Å². The quantitative estimate of drug-likeness (QED) is 0.0263. The van der Waals surface area contributed by atoms with Gasteiger partial charge in [0.15, 0.2) is 6.10 Å². The van der Waals surface area contributed by atoms with Crippen LogP contribution in [-0.4, -0.2) is 37.2 Å². The summed E-state index contributed by atoms with van der Waals surface area (Å²) in [5, 5.41) is 0. The van der Waals surface area contributed by atoms with Gasteiger partial charge < -0.3 is 14.2 Å². The third-order valence-corrected chi connectivity index (χ3v) is 11.4. The van der Waals surface area contributed by atoms with Crippen LogP contribution in [-0.2, 0) is 28.6 Å². The number of carbonyl (C=O) groups is 3. The molecular formula is C54H98O6. The lowest BCUT2D eigenvalue weighted by Crippen LogP contribution is -2.30. The fourth-order valence-corrected chi connectivity index (χ4v) is 7.39. The topological polar surface area (TPSA) is 78.9 Å². The highest BCUT2D eigenvalue weighted by molar-refractivity contribution is 5.71. The Labute approximate surface area is 372 Å².